The Morgan fingerprint density at radius 3 is 1.10 bits per heavy atom. The molecule has 0 amide bonds. The van der Waals surface area contributed by atoms with Crippen molar-refractivity contribution in [3.63, 3.8) is 0 Å². The molecule has 0 fully saturated rings. The number of hydrogen-bond acceptors (Lipinski definition) is 3. The molecule has 236 valence electrons. The summed E-state index contributed by atoms with van der Waals surface area (Å²) in [5.74, 6) is 0.576. The van der Waals surface area contributed by atoms with Crippen molar-refractivity contribution in [2.45, 2.75) is 219 Å². The van der Waals surface area contributed by atoms with Crippen LogP contribution in [0.4, 0.5) is 0 Å². The lowest BCUT2D eigenvalue weighted by Gasteiger charge is -2.21. The standard InChI is InChI=1S/C36H74O3/c1-5-7-8-9-10-11-12-13-14-15-16-17-18-19-20-21-22-23-24-25-26-30-34(37)32-35(38)31-28-27-29-33(3)36(6-2)39-4/h33-38H,5-32H2,1-4H3. The molecule has 0 aliphatic carbocycles. The number of aliphatic hydroxyl groups excluding tert-OH is 2. The average Bonchev–Trinajstić information content (AvgIpc) is 2.92. The summed E-state index contributed by atoms with van der Waals surface area (Å²) < 4.78 is 5.53. The molecule has 0 spiro atoms. The van der Waals surface area contributed by atoms with Crippen LogP contribution in [0.15, 0.2) is 0 Å². The Bertz CT molecular complexity index is 451. The van der Waals surface area contributed by atoms with Gasteiger partial charge >= 0.3 is 0 Å². The summed E-state index contributed by atoms with van der Waals surface area (Å²) in [4.78, 5) is 0. The Labute approximate surface area is 246 Å². The lowest BCUT2D eigenvalue weighted by Crippen LogP contribution is -2.20. The second-order valence-electron chi connectivity index (χ2n) is 12.8. The summed E-state index contributed by atoms with van der Waals surface area (Å²) in [7, 11) is 1.80. The molecule has 0 saturated heterocycles. The number of ether oxygens (including phenoxy) is 1. The van der Waals surface area contributed by atoms with Crippen LogP contribution >= 0.6 is 0 Å². The second kappa shape index (κ2) is 30.8. The maximum atomic E-state index is 10.3. The fourth-order valence-corrected chi connectivity index (χ4v) is 6.20. The summed E-state index contributed by atoms with van der Waals surface area (Å²) >= 11 is 0. The van der Waals surface area contributed by atoms with Crippen LogP contribution in [0, 0.1) is 5.92 Å². The van der Waals surface area contributed by atoms with Gasteiger partial charge in [0.25, 0.3) is 0 Å². The van der Waals surface area contributed by atoms with Gasteiger partial charge in [-0.25, -0.2) is 0 Å². The van der Waals surface area contributed by atoms with E-state index in [2.05, 4.69) is 20.8 Å². The molecule has 0 heterocycles. The van der Waals surface area contributed by atoms with E-state index < -0.39 is 0 Å². The van der Waals surface area contributed by atoms with Gasteiger partial charge in [0.2, 0.25) is 0 Å². The largest absolute Gasteiger partial charge is 0.393 e. The van der Waals surface area contributed by atoms with Gasteiger partial charge in [0, 0.05) is 7.11 Å². The molecule has 4 atom stereocenters. The first-order valence-corrected chi connectivity index (χ1v) is 17.9. The third-order valence-corrected chi connectivity index (χ3v) is 8.97. The summed E-state index contributed by atoms with van der Waals surface area (Å²) in [6, 6.07) is 0. The predicted octanol–water partition coefficient (Wildman–Crippen LogP) is 11.3. The molecule has 0 aliphatic heterocycles. The Morgan fingerprint density at radius 1 is 0.462 bits per heavy atom. The van der Waals surface area contributed by atoms with E-state index in [4.69, 9.17) is 4.74 Å². The molecule has 0 saturated carbocycles. The predicted molar refractivity (Wildman–Crippen MR) is 173 cm³/mol. The first-order valence-electron chi connectivity index (χ1n) is 17.9. The van der Waals surface area contributed by atoms with Crippen molar-refractivity contribution < 1.29 is 14.9 Å². The smallest absolute Gasteiger partial charge is 0.0594 e. The van der Waals surface area contributed by atoms with Crippen molar-refractivity contribution in [2.75, 3.05) is 7.11 Å². The van der Waals surface area contributed by atoms with E-state index >= 15 is 0 Å². The first-order chi connectivity index (χ1) is 19.0. The maximum absolute atomic E-state index is 10.3. The number of methoxy groups -OCH3 is 1. The minimum Gasteiger partial charge on any atom is -0.393 e. The molecule has 2 N–H and O–H groups in total. The quantitative estimate of drug-likeness (QED) is 0.0813. The van der Waals surface area contributed by atoms with Gasteiger partial charge in [-0.15, -0.1) is 0 Å². The zero-order valence-corrected chi connectivity index (χ0v) is 27.4. The number of rotatable bonds is 32. The topological polar surface area (TPSA) is 49.7 Å². The van der Waals surface area contributed by atoms with Crippen LogP contribution in [0.25, 0.3) is 0 Å². The Morgan fingerprint density at radius 2 is 0.769 bits per heavy atom. The highest BCUT2D eigenvalue weighted by molar-refractivity contribution is 4.67. The fraction of sp³-hybridized carbons (Fsp3) is 1.00. The van der Waals surface area contributed by atoms with Gasteiger partial charge in [-0.3, -0.25) is 0 Å². The van der Waals surface area contributed by atoms with E-state index in [-0.39, 0.29) is 12.2 Å². The van der Waals surface area contributed by atoms with Gasteiger partial charge in [-0.2, -0.15) is 0 Å². The van der Waals surface area contributed by atoms with Crippen LogP contribution < -0.4 is 0 Å². The lowest BCUT2D eigenvalue weighted by atomic mass is 9.94. The highest BCUT2D eigenvalue weighted by atomic mass is 16.5. The van der Waals surface area contributed by atoms with E-state index in [1.165, 1.54) is 128 Å². The second-order valence-corrected chi connectivity index (χ2v) is 12.8. The monoisotopic (exact) mass is 555 g/mol. The number of unbranched alkanes of at least 4 members (excludes halogenated alkanes) is 21. The van der Waals surface area contributed by atoms with Crippen LogP contribution in [0.1, 0.15) is 201 Å². The SMILES string of the molecule is CCCCCCCCCCCCCCCCCCCCCCCC(O)CC(O)CCCCC(C)C(CC)OC. The molecule has 0 aliphatic rings. The summed E-state index contributed by atoms with van der Waals surface area (Å²) in [6.07, 6.45) is 35.6. The Balaban J connectivity index is 3.32. The van der Waals surface area contributed by atoms with Crippen molar-refractivity contribution in [3.05, 3.63) is 0 Å². The number of aliphatic hydroxyl groups is 2. The van der Waals surface area contributed by atoms with E-state index in [0.29, 0.717) is 18.4 Å². The maximum Gasteiger partial charge on any atom is 0.0594 e. The summed E-state index contributed by atoms with van der Waals surface area (Å²) in [6.45, 7) is 6.74. The van der Waals surface area contributed by atoms with Gasteiger partial charge in [-0.1, -0.05) is 168 Å². The molecular formula is C36H74O3. The molecule has 4 unspecified atom stereocenters. The molecule has 0 radical (unpaired) electrons. The highest BCUT2D eigenvalue weighted by Gasteiger charge is 2.15. The van der Waals surface area contributed by atoms with Crippen LogP contribution in [0.3, 0.4) is 0 Å². The average molecular weight is 555 g/mol. The molecule has 0 rings (SSSR count). The minimum atomic E-state index is -0.352. The van der Waals surface area contributed by atoms with E-state index in [1.807, 2.05) is 0 Å². The fourth-order valence-electron chi connectivity index (χ4n) is 6.20. The number of hydrogen-bond donors (Lipinski definition) is 2. The van der Waals surface area contributed by atoms with Gasteiger partial charge in [-0.05, 0) is 38.0 Å². The normalized spacial score (nSPS) is 14.9. The molecule has 0 aromatic carbocycles. The molecule has 0 bridgehead atoms. The Kier molecular flexibility index (Phi) is 30.7. The Hall–Kier alpha value is -0.120. The van der Waals surface area contributed by atoms with Crippen molar-refractivity contribution in [3.8, 4) is 0 Å². The zero-order chi connectivity index (χ0) is 28.8. The highest BCUT2D eigenvalue weighted by Crippen LogP contribution is 2.20. The molecule has 39 heavy (non-hydrogen) atoms. The van der Waals surface area contributed by atoms with E-state index in [0.717, 1.165) is 44.9 Å². The van der Waals surface area contributed by atoms with Crippen LogP contribution in [-0.2, 0) is 4.74 Å². The van der Waals surface area contributed by atoms with Gasteiger partial charge in [0.1, 0.15) is 0 Å². The summed E-state index contributed by atoms with van der Waals surface area (Å²) in [5.41, 5.74) is 0. The van der Waals surface area contributed by atoms with E-state index in [1.54, 1.807) is 7.11 Å². The third kappa shape index (κ3) is 27.8. The van der Waals surface area contributed by atoms with Gasteiger partial charge in [0.15, 0.2) is 0 Å². The van der Waals surface area contributed by atoms with Crippen molar-refractivity contribution >= 4 is 0 Å². The van der Waals surface area contributed by atoms with Crippen LogP contribution in [0.2, 0.25) is 0 Å². The summed E-state index contributed by atoms with van der Waals surface area (Å²) in [5, 5.41) is 20.6. The van der Waals surface area contributed by atoms with E-state index in [9.17, 15) is 10.2 Å². The third-order valence-electron chi connectivity index (χ3n) is 8.97. The van der Waals surface area contributed by atoms with Crippen molar-refractivity contribution in [2.24, 2.45) is 5.92 Å². The van der Waals surface area contributed by atoms with Crippen molar-refractivity contribution in [1.29, 1.82) is 0 Å². The molecule has 3 heteroatoms. The first kappa shape index (κ1) is 38.9. The molecule has 0 aromatic heterocycles. The molecule has 0 aromatic rings. The molecule has 3 nitrogen and oxygen atoms in total. The van der Waals surface area contributed by atoms with Gasteiger partial charge < -0.3 is 14.9 Å². The minimum absolute atomic E-state index is 0.336. The zero-order valence-electron chi connectivity index (χ0n) is 27.4. The van der Waals surface area contributed by atoms with Crippen LogP contribution in [-0.4, -0.2) is 35.6 Å². The van der Waals surface area contributed by atoms with Crippen LogP contribution in [0.5, 0.6) is 0 Å². The lowest BCUT2D eigenvalue weighted by molar-refractivity contribution is 0.0495. The van der Waals surface area contributed by atoms with Gasteiger partial charge in [0.05, 0.1) is 18.3 Å². The van der Waals surface area contributed by atoms with Crippen molar-refractivity contribution in [1.82, 2.24) is 0 Å². The molecular weight excluding hydrogens is 480 g/mol.